The summed E-state index contributed by atoms with van der Waals surface area (Å²) in [5, 5.41) is 4.97. The summed E-state index contributed by atoms with van der Waals surface area (Å²) in [7, 11) is 0. The van der Waals surface area contributed by atoms with Gasteiger partial charge in [0.15, 0.2) is 0 Å². The molecule has 0 spiro atoms. The maximum atomic E-state index is 5.74. The molecule has 0 fully saturated rings. The summed E-state index contributed by atoms with van der Waals surface area (Å²) in [5.74, 6) is 0. The van der Waals surface area contributed by atoms with Gasteiger partial charge in [0.2, 0.25) is 0 Å². The predicted octanol–water partition coefficient (Wildman–Crippen LogP) is 4.10. The molecule has 0 amide bonds. The van der Waals surface area contributed by atoms with E-state index in [-0.39, 0.29) is 5.41 Å². The van der Waals surface area contributed by atoms with Gasteiger partial charge in [-0.3, -0.25) is 0 Å². The lowest BCUT2D eigenvalue weighted by Crippen LogP contribution is -2.09. The highest BCUT2D eigenvalue weighted by molar-refractivity contribution is 7.11. The van der Waals surface area contributed by atoms with Crippen molar-refractivity contribution in [1.82, 2.24) is 9.97 Å². The van der Waals surface area contributed by atoms with Crippen molar-refractivity contribution >= 4 is 28.6 Å². The van der Waals surface area contributed by atoms with Crippen molar-refractivity contribution < 1.29 is 0 Å². The number of hydrogen-bond donors (Lipinski definition) is 1. The number of nitrogens with zero attached hydrogens (tertiary/aromatic N) is 2. The first-order valence-corrected chi connectivity index (χ1v) is 6.95. The Balaban J connectivity index is 1.98. The molecule has 0 aromatic carbocycles. The van der Waals surface area contributed by atoms with Gasteiger partial charge in [-0.2, -0.15) is 0 Å². The van der Waals surface area contributed by atoms with Gasteiger partial charge in [-0.15, -0.1) is 11.3 Å². The molecule has 96 valence electrons. The predicted molar refractivity (Wildman–Crippen MR) is 77.4 cm³/mol. The Kier molecular flexibility index (Phi) is 3.88. The van der Waals surface area contributed by atoms with Crippen molar-refractivity contribution in [2.24, 2.45) is 0 Å². The average molecular weight is 282 g/mol. The first kappa shape index (κ1) is 13.3. The van der Waals surface area contributed by atoms with Crippen LogP contribution in [0.5, 0.6) is 0 Å². The van der Waals surface area contributed by atoms with Crippen LogP contribution in [0.1, 0.15) is 30.7 Å². The van der Waals surface area contributed by atoms with Gasteiger partial charge in [-0.1, -0.05) is 32.4 Å². The number of thiazole rings is 1. The van der Waals surface area contributed by atoms with Crippen LogP contribution >= 0.6 is 22.9 Å². The minimum atomic E-state index is 0.116. The molecular weight excluding hydrogens is 266 g/mol. The number of anilines is 1. The third-order valence-electron chi connectivity index (χ3n) is 2.39. The molecule has 2 aromatic heterocycles. The Bertz CT molecular complexity index is 514. The molecule has 18 heavy (non-hydrogen) atoms. The second kappa shape index (κ2) is 5.24. The second-order valence-electron chi connectivity index (χ2n) is 5.10. The summed E-state index contributed by atoms with van der Waals surface area (Å²) in [5.41, 5.74) is 1.08. The Morgan fingerprint density at radius 2 is 2.00 bits per heavy atom. The Labute approximate surface area is 116 Å². The smallest absolute Gasteiger partial charge is 0.129 e. The van der Waals surface area contributed by atoms with E-state index in [1.54, 1.807) is 23.6 Å². The Hall–Kier alpha value is -1.13. The van der Waals surface area contributed by atoms with E-state index < -0.39 is 0 Å². The molecule has 0 saturated carbocycles. The summed E-state index contributed by atoms with van der Waals surface area (Å²) in [4.78, 5) is 9.70. The number of halogens is 1. The SMILES string of the molecule is CC(C)(C)c1ncc(CNc2ccc(Cl)nc2)s1. The zero-order valence-electron chi connectivity index (χ0n) is 10.7. The molecule has 0 unspecified atom stereocenters. The van der Waals surface area contributed by atoms with Crippen LogP contribution < -0.4 is 5.32 Å². The number of rotatable bonds is 3. The zero-order chi connectivity index (χ0) is 13.2. The van der Waals surface area contributed by atoms with Crippen LogP contribution in [0.15, 0.2) is 24.5 Å². The molecule has 1 N–H and O–H groups in total. The Morgan fingerprint density at radius 3 is 2.56 bits per heavy atom. The number of pyridine rings is 1. The van der Waals surface area contributed by atoms with Crippen LogP contribution in [-0.4, -0.2) is 9.97 Å². The van der Waals surface area contributed by atoms with Crippen LogP contribution in [0.25, 0.3) is 0 Å². The standard InChI is InChI=1S/C13H16ClN3S/c1-13(2,3)12-17-8-10(18-12)7-15-9-4-5-11(14)16-6-9/h4-6,8,15H,7H2,1-3H3. The molecule has 0 aliphatic heterocycles. The van der Waals surface area contributed by atoms with Gasteiger partial charge in [0.1, 0.15) is 5.15 Å². The summed E-state index contributed by atoms with van der Waals surface area (Å²) < 4.78 is 0. The van der Waals surface area contributed by atoms with Gasteiger partial charge in [0.05, 0.1) is 23.4 Å². The molecule has 2 rings (SSSR count). The fourth-order valence-corrected chi connectivity index (χ4v) is 2.43. The van der Waals surface area contributed by atoms with Gasteiger partial charge in [0.25, 0.3) is 0 Å². The fourth-order valence-electron chi connectivity index (χ4n) is 1.41. The van der Waals surface area contributed by atoms with Crippen molar-refractivity contribution in [2.45, 2.75) is 32.7 Å². The normalized spacial score (nSPS) is 11.6. The first-order chi connectivity index (χ1) is 8.45. The molecule has 0 aliphatic carbocycles. The molecular formula is C13H16ClN3S. The lowest BCUT2D eigenvalue weighted by molar-refractivity contribution is 0.585. The molecule has 0 atom stereocenters. The molecule has 2 aromatic rings. The van der Waals surface area contributed by atoms with Crippen molar-refractivity contribution in [3.8, 4) is 0 Å². The van der Waals surface area contributed by atoms with Crippen LogP contribution in [0.4, 0.5) is 5.69 Å². The van der Waals surface area contributed by atoms with E-state index in [4.69, 9.17) is 11.6 Å². The van der Waals surface area contributed by atoms with E-state index in [2.05, 4.69) is 36.1 Å². The molecule has 2 heterocycles. The third kappa shape index (κ3) is 3.43. The third-order valence-corrected chi connectivity index (χ3v) is 4.04. The van der Waals surface area contributed by atoms with Crippen LogP contribution in [0.3, 0.4) is 0 Å². The second-order valence-corrected chi connectivity index (χ2v) is 6.61. The Morgan fingerprint density at radius 1 is 1.22 bits per heavy atom. The topological polar surface area (TPSA) is 37.8 Å². The van der Waals surface area contributed by atoms with Gasteiger partial charge < -0.3 is 5.32 Å². The van der Waals surface area contributed by atoms with E-state index in [0.717, 1.165) is 17.2 Å². The lowest BCUT2D eigenvalue weighted by Gasteiger charge is -2.13. The van der Waals surface area contributed by atoms with Gasteiger partial charge >= 0.3 is 0 Å². The lowest BCUT2D eigenvalue weighted by atomic mass is 9.98. The number of hydrogen-bond acceptors (Lipinski definition) is 4. The molecule has 5 heteroatoms. The van der Waals surface area contributed by atoms with Crippen molar-refractivity contribution in [3.05, 3.63) is 39.6 Å². The quantitative estimate of drug-likeness (QED) is 0.861. The largest absolute Gasteiger partial charge is 0.379 e. The first-order valence-electron chi connectivity index (χ1n) is 5.76. The summed E-state index contributed by atoms with van der Waals surface area (Å²) in [6.07, 6.45) is 3.66. The van der Waals surface area contributed by atoms with Crippen LogP contribution in [-0.2, 0) is 12.0 Å². The average Bonchev–Trinajstić information content (AvgIpc) is 2.77. The van der Waals surface area contributed by atoms with Crippen molar-refractivity contribution in [1.29, 1.82) is 0 Å². The van der Waals surface area contributed by atoms with Gasteiger partial charge in [-0.25, -0.2) is 9.97 Å². The summed E-state index contributed by atoms with van der Waals surface area (Å²) in [6.45, 7) is 7.28. The highest BCUT2D eigenvalue weighted by Crippen LogP contribution is 2.27. The number of nitrogens with one attached hydrogen (secondary N) is 1. The molecule has 0 saturated heterocycles. The fraction of sp³-hybridized carbons (Fsp3) is 0.385. The van der Waals surface area contributed by atoms with E-state index in [1.807, 2.05) is 12.3 Å². The molecule has 0 aliphatic rings. The van der Waals surface area contributed by atoms with E-state index in [9.17, 15) is 0 Å². The molecule has 0 radical (unpaired) electrons. The highest BCUT2D eigenvalue weighted by Gasteiger charge is 2.17. The maximum absolute atomic E-state index is 5.74. The van der Waals surface area contributed by atoms with Crippen molar-refractivity contribution in [3.63, 3.8) is 0 Å². The van der Waals surface area contributed by atoms with Gasteiger partial charge in [-0.05, 0) is 12.1 Å². The van der Waals surface area contributed by atoms with Crippen LogP contribution in [0.2, 0.25) is 5.15 Å². The minimum absolute atomic E-state index is 0.116. The van der Waals surface area contributed by atoms with E-state index in [1.165, 1.54) is 4.88 Å². The molecule has 0 bridgehead atoms. The monoisotopic (exact) mass is 281 g/mol. The number of aromatic nitrogens is 2. The summed E-state index contributed by atoms with van der Waals surface area (Å²) in [6, 6.07) is 3.69. The maximum Gasteiger partial charge on any atom is 0.129 e. The minimum Gasteiger partial charge on any atom is -0.379 e. The van der Waals surface area contributed by atoms with E-state index in [0.29, 0.717) is 5.15 Å². The highest BCUT2D eigenvalue weighted by atomic mass is 35.5. The molecule has 3 nitrogen and oxygen atoms in total. The van der Waals surface area contributed by atoms with Gasteiger partial charge in [0, 0.05) is 16.5 Å². The summed E-state index contributed by atoms with van der Waals surface area (Å²) >= 11 is 7.48. The zero-order valence-corrected chi connectivity index (χ0v) is 12.3. The van der Waals surface area contributed by atoms with E-state index >= 15 is 0 Å². The van der Waals surface area contributed by atoms with Crippen LogP contribution in [0, 0.1) is 0 Å². The van der Waals surface area contributed by atoms with Crippen molar-refractivity contribution in [2.75, 3.05) is 5.32 Å².